The number of ether oxygens (including phenoxy) is 1. The molecule has 2 rings (SSSR count). The first-order valence-corrected chi connectivity index (χ1v) is 6.07. The Labute approximate surface area is 107 Å². The Morgan fingerprint density at radius 1 is 1.50 bits per heavy atom. The normalized spacial score (nSPS) is 10.3. The van der Waals surface area contributed by atoms with Crippen molar-refractivity contribution < 1.29 is 9.66 Å². The average Bonchev–Trinajstić information content (AvgIpc) is 2.88. The van der Waals surface area contributed by atoms with Gasteiger partial charge in [-0.1, -0.05) is 6.07 Å². The second-order valence-corrected chi connectivity index (χ2v) is 4.46. The maximum absolute atomic E-state index is 10.9. The molecule has 1 aromatic carbocycles. The van der Waals surface area contributed by atoms with E-state index >= 15 is 0 Å². The predicted octanol–water partition coefficient (Wildman–Crippen LogP) is 2.09. The molecule has 7 heteroatoms. The van der Waals surface area contributed by atoms with Crippen LogP contribution in [0.4, 0.5) is 5.69 Å². The minimum Gasteiger partial charge on any atom is -0.479 e. The van der Waals surface area contributed by atoms with Crippen molar-refractivity contribution in [3.8, 4) is 5.75 Å². The molecule has 2 N–H and O–H groups in total. The molecule has 0 aliphatic carbocycles. The van der Waals surface area contributed by atoms with Crippen molar-refractivity contribution in [3.05, 3.63) is 50.5 Å². The molecule has 2 aromatic rings. The Balaban J connectivity index is 2.20. The second-order valence-electron chi connectivity index (χ2n) is 3.48. The summed E-state index contributed by atoms with van der Waals surface area (Å²) in [6, 6.07) is 4.61. The maximum Gasteiger partial charge on any atom is 0.310 e. The van der Waals surface area contributed by atoms with E-state index in [2.05, 4.69) is 4.98 Å². The van der Waals surface area contributed by atoms with E-state index in [1.807, 2.05) is 5.38 Å². The molecule has 0 unspecified atom stereocenters. The number of rotatable bonds is 5. The first-order valence-electron chi connectivity index (χ1n) is 5.19. The lowest BCUT2D eigenvalue weighted by Gasteiger charge is -2.06. The fourth-order valence-electron chi connectivity index (χ4n) is 1.42. The van der Waals surface area contributed by atoms with Crippen molar-refractivity contribution in [1.29, 1.82) is 0 Å². The van der Waals surface area contributed by atoms with Crippen LogP contribution in [0.25, 0.3) is 0 Å². The van der Waals surface area contributed by atoms with E-state index in [4.69, 9.17) is 10.5 Å². The van der Waals surface area contributed by atoms with Crippen molar-refractivity contribution in [2.24, 2.45) is 5.73 Å². The molecule has 0 bridgehead atoms. The number of nitro groups is 1. The van der Waals surface area contributed by atoms with Gasteiger partial charge in [-0.15, -0.1) is 11.3 Å². The van der Waals surface area contributed by atoms with Crippen LogP contribution < -0.4 is 10.5 Å². The zero-order valence-corrected chi connectivity index (χ0v) is 10.2. The number of benzene rings is 1. The van der Waals surface area contributed by atoms with Crippen molar-refractivity contribution in [1.82, 2.24) is 4.98 Å². The number of thiazole rings is 1. The highest BCUT2D eigenvalue weighted by atomic mass is 32.1. The van der Waals surface area contributed by atoms with E-state index in [9.17, 15) is 10.1 Å². The third kappa shape index (κ3) is 2.82. The van der Waals surface area contributed by atoms with Gasteiger partial charge in [0.25, 0.3) is 0 Å². The van der Waals surface area contributed by atoms with Gasteiger partial charge in [0.05, 0.1) is 4.92 Å². The molecule has 1 heterocycles. The van der Waals surface area contributed by atoms with Crippen molar-refractivity contribution in [2.45, 2.75) is 13.2 Å². The second kappa shape index (κ2) is 5.56. The Hall–Kier alpha value is -1.99. The summed E-state index contributed by atoms with van der Waals surface area (Å²) in [5.74, 6) is 0.221. The van der Waals surface area contributed by atoms with Gasteiger partial charge >= 0.3 is 5.69 Å². The van der Waals surface area contributed by atoms with Crippen LogP contribution in [0.1, 0.15) is 10.6 Å². The Bertz CT molecular complexity index is 542. The maximum atomic E-state index is 10.9. The Morgan fingerprint density at radius 3 is 2.94 bits per heavy atom. The molecule has 0 fully saturated rings. The van der Waals surface area contributed by atoms with Crippen molar-refractivity contribution >= 4 is 17.0 Å². The molecule has 0 saturated carbocycles. The van der Waals surface area contributed by atoms with Gasteiger partial charge in [0.1, 0.15) is 11.6 Å². The molecule has 0 atom stereocenters. The fourth-order valence-corrected chi connectivity index (χ4v) is 1.94. The number of nitrogens with two attached hydrogens (primary N) is 1. The average molecular weight is 265 g/mol. The molecule has 94 valence electrons. The molecule has 0 saturated heterocycles. The summed E-state index contributed by atoms with van der Waals surface area (Å²) in [6.07, 6.45) is 1.66. The van der Waals surface area contributed by atoms with Crippen LogP contribution in [0, 0.1) is 10.1 Å². The van der Waals surface area contributed by atoms with Crippen LogP contribution in [0.15, 0.2) is 29.8 Å². The minimum atomic E-state index is -0.475. The van der Waals surface area contributed by atoms with Gasteiger partial charge in [-0.05, 0) is 11.6 Å². The molecule has 0 amide bonds. The van der Waals surface area contributed by atoms with E-state index in [1.165, 1.54) is 17.4 Å². The van der Waals surface area contributed by atoms with Gasteiger partial charge in [0, 0.05) is 24.2 Å². The van der Waals surface area contributed by atoms with Crippen LogP contribution in [-0.4, -0.2) is 9.91 Å². The lowest BCUT2D eigenvalue weighted by atomic mass is 10.2. The SMILES string of the molecule is NCc1ccc([N+](=O)[O-])c(OCc2nccs2)c1. The van der Waals surface area contributed by atoms with E-state index in [0.717, 1.165) is 10.6 Å². The summed E-state index contributed by atoms with van der Waals surface area (Å²) < 4.78 is 5.44. The van der Waals surface area contributed by atoms with Gasteiger partial charge in [-0.25, -0.2) is 4.98 Å². The van der Waals surface area contributed by atoms with E-state index in [0.29, 0.717) is 6.54 Å². The summed E-state index contributed by atoms with van der Waals surface area (Å²) in [5, 5.41) is 13.5. The quantitative estimate of drug-likeness (QED) is 0.660. The highest BCUT2D eigenvalue weighted by molar-refractivity contribution is 7.09. The first kappa shape index (κ1) is 12.5. The van der Waals surface area contributed by atoms with Crippen molar-refractivity contribution in [3.63, 3.8) is 0 Å². The van der Waals surface area contributed by atoms with E-state index < -0.39 is 4.92 Å². The monoisotopic (exact) mass is 265 g/mol. The fraction of sp³-hybridized carbons (Fsp3) is 0.182. The molecular weight excluding hydrogens is 254 g/mol. The summed E-state index contributed by atoms with van der Waals surface area (Å²) in [5.41, 5.74) is 6.22. The predicted molar refractivity (Wildman–Crippen MR) is 67.4 cm³/mol. The van der Waals surface area contributed by atoms with Crippen LogP contribution in [0.3, 0.4) is 0 Å². The highest BCUT2D eigenvalue weighted by Crippen LogP contribution is 2.28. The number of hydrogen-bond acceptors (Lipinski definition) is 6. The molecule has 6 nitrogen and oxygen atoms in total. The van der Waals surface area contributed by atoms with Gasteiger partial charge in [-0.3, -0.25) is 10.1 Å². The third-order valence-corrected chi connectivity index (χ3v) is 3.04. The molecule has 1 aromatic heterocycles. The van der Waals surface area contributed by atoms with Gasteiger partial charge in [0.2, 0.25) is 0 Å². The smallest absolute Gasteiger partial charge is 0.310 e. The number of aromatic nitrogens is 1. The zero-order valence-electron chi connectivity index (χ0n) is 9.41. The first-order chi connectivity index (χ1) is 8.70. The topological polar surface area (TPSA) is 91.3 Å². The molecule has 18 heavy (non-hydrogen) atoms. The van der Waals surface area contributed by atoms with E-state index in [1.54, 1.807) is 18.3 Å². The highest BCUT2D eigenvalue weighted by Gasteiger charge is 2.15. The molecule has 0 aliphatic rings. The molecule has 0 radical (unpaired) electrons. The van der Waals surface area contributed by atoms with Crippen LogP contribution in [0.5, 0.6) is 5.75 Å². The zero-order chi connectivity index (χ0) is 13.0. The summed E-state index contributed by atoms with van der Waals surface area (Å²) >= 11 is 1.44. The van der Waals surface area contributed by atoms with Crippen LogP contribution in [0.2, 0.25) is 0 Å². The van der Waals surface area contributed by atoms with E-state index in [-0.39, 0.29) is 18.0 Å². The molecule has 0 aliphatic heterocycles. The van der Waals surface area contributed by atoms with Gasteiger partial charge in [-0.2, -0.15) is 0 Å². The lowest BCUT2D eigenvalue weighted by Crippen LogP contribution is -2.02. The number of nitro benzene ring substituents is 1. The van der Waals surface area contributed by atoms with Gasteiger partial charge < -0.3 is 10.5 Å². The van der Waals surface area contributed by atoms with Crippen LogP contribution in [-0.2, 0) is 13.2 Å². The number of nitrogens with zero attached hydrogens (tertiary/aromatic N) is 2. The lowest BCUT2D eigenvalue weighted by molar-refractivity contribution is -0.386. The molecular formula is C11H11N3O3S. The number of hydrogen-bond donors (Lipinski definition) is 1. The Kier molecular flexibility index (Phi) is 3.85. The van der Waals surface area contributed by atoms with Crippen molar-refractivity contribution in [2.75, 3.05) is 0 Å². The Morgan fingerprint density at radius 2 is 2.33 bits per heavy atom. The van der Waals surface area contributed by atoms with Gasteiger partial charge in [0.15, 0.2) is 5.75 Å². The minimum absolute atomic E-state index is 0.0660. The standard InChI is InChI=1S/C11H11N3O3S/c12-6-8-1-2-9(14(15)16)10(5-8)17-7-11-13-3-4-18-11/h1-5H,6-7,12H2. The van der Waals surface area contributed by atoms with Crippen LogP contribution >= 0.6 is 11.3 Å². The largest absolute Gasteiger partial charge is 0.479 e. The third-order valence-electron chi connectivity index (χ3n) is 2.29. The summed E-state index contributed by atoms with van der Waals surface area (Å²) in [7, 11) is 0. The molecule has 0 spiro atoms. The summed E-state index contributed by atoms with van der Waals surface area (Å²) in [4.78, 5) is 14.4. The summed E-state index contributed by atoms with van der Waals surface area (Å²) in [6.45, 7) is 0.526.